The molecule has 2 aromatic heterocycles. The lowest BCUT2D eigenvalue weighted by atomic mass is 10.2. The lowest BCUT2D eigenvalue weighted by molar-refractivity contribution is -0.141. The summed E-state index contributed by atoms with van der Waals surface area (Å²) < 4.78 is 39.8. The highest BCUT2D eigenvalue weighted by molar-refractivity contribution is 6.01. The number of alkyl halides is 3. The molecule has 0 saturated heterocycles. The number of carbonyl (C=O) groups excluding carboxylic acids is 1. The molecule has 0 saturated carbocycles. The summed E-state index contributed by atoms with van der Waals surface area (Å²) in [5.41, 5.74) is 1.16. The summed E-state index contributed by atoms with van der Waals surface area (Å²) in [6.07, 6.45) is -1.36. The molecule has 9 heteroatoms. The van der Waals surface area contributed by atoms with E-state index in [1.807, 2.05) is 24.3 Å². The van der Waals surface area contributed by atoms with Gasteiger partial charge in [-0.15, -0.1) is 0 Å². The number of anilines is 2. The minimum atomic E-state index is -4.61. The van der Waals surface area contributed by atoms with E-state index in [0.717, 1.165) is 17.3 Å². The summed E-state index contributed by atoms with van der Waals surface area (Å²) in [5, 5.41) is 2.88. The van der Waals surface area contributed by atoms with Crippen LogP contribution in [0.3, 0.4) is 0 Å². The van der Waals surface area contributed by atoms with E-state index in [9.17, 15) is 18.0 Å². The number of aromatic nitrogens is 3. The van der Waals surface area contributed by atoms with Crippen molar-refractivity contribution in [3.8, 4) is 11.4 Å². The lowest BCUT2D eigenvalue weighted by Gasteiger charge is -2.18. The minimum Gasteiger partial charge on any atom is -0.368 e. The van der Waals surface area contributed by atoms with E-state index in [4.69, 9.17) is 0 Å². The predicted octanol–water partition coefficient (Wildman–Crippen LogP) is 3.56. The topological polar surface area (TPSA) is 71.0 Å². The quantitative estimate of drug-likeness (QED) is 0.710. The standard InChI is InChI=1S/C20H16F3N5O/c21-20(22,23)16-12-17(27-19(26-16)13-5-7-24-8-6-13)25-9-10-28-15-4-2-1-3-14(15)11-18(28)29/h1-8,12H,9-11H2,(H,25,26,27). The highest BCUT2D eigenvalue weighted by Gasteiger charge is 2.34. The third kappa shape index (κ3) is 4.03. The van der Waals surface area contributed by atoms with Crippen LogP contribution in [-0.4, -0.2) is 33.9 Å². The van der Waals surface area contributed by atoms with Gasteiger partial charge in [0, 0.05) is 42.8 Å². The van der Waals surface area contributed by atoms with Crippen molar-refractivity contribution < 1.29 is 18.0 Å². The fourth-order valence-corrected chi connectivity index (χ4v) is 3.17. The van der Waals surface area contributed by atoms with Crippen molar-refractivity contribution in [3.05, 3.63) is 66.1 Å². The van der Waals surface area contributed by atoms with Crippen LogP contribution in [-0.2, 0) is 17.4 Å². The number of rotatable bonds is 5. The van der Waals surface area contributed by atoms with Gasteiger partial charge in [-0.3, -0.25) is 9.78 Å². The first-order valence-electron chi connectivity index (χ1n) is 8.90. The molecular formula is C20H16F3N5O. The molecule has 3 aromatic rings. The molecule has 0 fully saturated rings. The fraction of sp³-hybridized carbons (Fsp3) is 0.200. The monoisotopic (exact) mass is 399 g/mol. The number of halogens is 3. The van der Waals surface area contributed by atoms with Crippen LogP contribution in [0.5, 0.6) is 0 Å². The molecule has 4 rings (SSSR count). The van der Waals surface area contributed by atoms with Crippen molar-refractivity contribution in [2.75, 3.05) is 23.3 Å². The number of para-hydroxylation sites is 1. The zero-order chi connectivity index (χ0) is 20.4. The van der Waals surface area contributed by atoms with Crippen LogP contribution in [0.1, 0.15) is 11.3 Å². The van der Waals surface area contributed by atoms with E-state index in [1.165, 1.54) is 12.4 Å². The smallest absolute Gasteiger partial charge is 0.368 e. The first-order valence-corrected chi connectivity index (χ1v) is 8.90. The maximum atomic E-state index is 13.3. The summed E-state index contributed by atoms with van der Waals surface area (Å²) in [7, 11) is 0. The van der Waals surface area contributed by atoms with E-state index in [0.29, 0.717) is 18.5 Å². The van der Waals surface area contributed by atoms with Crippen molar-refractivity contribution in [2.24, 2.45) is 0 Å². The van der Waals surface area contributed by atoms with Gasteiger partial charge in [0.2, 0.25) is 5.91 Å². The van der Waals surface area contributed by atoms with Gasteiger partial charge in [0.05, 0.1) is 6.42 Å². The molecule has 6 nitrogen and oxygen atoms in total. The molecule has 3 heterocycles. The molecule has 0 aliphatic carbocycles. The summed E-state index contributed by atoms with van der Waals surface area (Å²) >= 11 is 0. The number of amides is 1. The molecule has 0 spiro atoms. The zero-order valence-electron chi connectivity index (χ0n) is 15.1. The highest BCUT2D eigenvalue weighted by Crippen LogP contribution is 2.31. The molecule has 0 bridgehead atoms. The molecule has 1 aromatic carbocycles. The Hall–Kier alpha value is -3.49. The Morgan fingerprint density at radius 2 is 1.83 bits per heavy atom. The van der Waals surface area contributed by atoms with Crippen molar-refractivity contribution in [3.63, 3.8) is 0 Å². The van der Waals surface area contributed by atoms with E-state index in [2.05, 4.69) is 20.3 Å². The van der Waals surface area contributed by atoms with Gasteiger partial charge in [-0.2, -0.15) is 13.2 Å². The second-order valence-corrected chi connectivity index (χ2v) is 6.47. The highest BCUT2D eigenvalue weighted by atomic mass is 19.4. The zero-order valence-corrected chi connectivity index (χ0v) is 15.1. The number of hydrogen-bond donors (Lipinski definition) is 1. The summed E-state index contributed by atoms with van der Waals surface area (Å²) in [5.74, 6) is -0.0458. The maximum Gasteiger partial charge on any atom is 0.433 e. The van der Waals surface area contributed by atoms with Gasteiger partial charge in [-0.1, -0.05) is 18.2 Å². The average Bonchev–Trinajstić information content (AvgIpc) is 3.03. The summed E-state index contributed by atoms with van der Waals surface area (Å²) in [4.78, 5) is 25.5. The molecule has 1 aliphatic heterocycles. The van der Waals surface area contributed by atoms with Crippen molar-refractivity contribution >= 4 is 17.4 Å². The second-order valence-electron chi connectivity index (χ2n) is 6.47. The van der Waals surface area contributed by atoms with Gasteiger partial charge in [-0.25, -0.2) is 9.97 Å². The third-order valence-electron chi connectivity index (χ3n) is 4.52. The Balaban J connectivity index is 1.53. The van der Waals surface area contributed by atoms with Gasteiger partial charge in [0.1, 0.15) is 5.82 Å². The van der Waals surface area contributed by atoms with Gasteiger partial charge in [0.15, 0.2) is 11.5 Å². The Bertz CT molecular complexity index is 1040. The average molecular weight is 399 g/mol. The van der Waals surface area contributed by atoms with Crippen LogP contribution in [0.4, 0.5) is 24.7 Å². The number of nitrogens with zero attached hydrogens (tertiary/aromatic N) is 4. The minimum absolute atomic E-state index is 0.0378. The van der Waals surface area contributed by atoms with E-state index in [-0.39, 0.29) is 24.1 Å². The molecule has 0 radical (unpaired) electrons. The van der Waals surface area contributed by atoms with Crippen LogP contribution >= 0.6 is 0 Å². The summed E-state index contributed by atoms with van der Waals surface area (Å²) in [6.45, 7) is 0.552. The number of benzene rings is 1. The Labute approximate surface area is 164 Å². The first-order chi connectivity index (χ1) is 13.9. The molecule has 0 unspecified atom stereocenters. The molecule has 148 valence electrons. The van der Waals surface area contributed by atoms with Crippen molar-refractivity contribution in [1.29, 1.82) is 0 Å². The Morgan fingerprint density at radius 3 is 2.59 bits per heavy atom. The SMILES string of the molecule is O=C1Cc2ccccc2N1CCNc1cc(C(F)(F)F)nc(-c2ccncc2)n1. The Kier molecular flexibility index (Phi) is 4.87. The maximum absolute atomic E-state index is 13.3. The van der Waals surface area contributed by atoms with Crippen LogP contribution < -0.4 is 10.2 Å². The number of hydrogen-bond acceptors (Lipinski definition) is 5. The molecular weight excluding hydrogens is 383 g/mol. The van der Waals surface area contributed by atoms with Crippen LogP contribution in [0.15, 0.2) is 54.9 Å². The number of fused-ring (bicyclic) bond motifs is 1. The predicted molar refractivity (Wildman–Crippen MR) is 101 cm³/mol. The van der Waals surface area contributed by atoms with Crippen molar-refractivity contribution in [1.82, 2.24) is 15.0 Å². The van der Waals surface area contributed by atoms with Gasteiger partial charge in [-0.05, 0) is 23.8 Å². The summed E-state index contributed by atoms with van der Waals surface area (Å²) in [6, 6.07) is 11.4. The normalized spacial score (nSPS) is 13.5. The number of pyridine rings is 1. The first kappa shape index (κ1) is 18.9. The lowest BCUT2D eigenvalue weighted by Crippen LogP contribution is -2.32. The molecule has 29 heavy (non-hydrogen) atoms. The van der Waals surface area contributed by atoms with Gasteiger partial charge >= 0.3 is 6.18 Å². The second kappa shape index (κ2) is 7.50. The molecule has 1 N–H and O–H groups in total. The van der Waals surface area contributed by atoms with Crippen molar-refractivity contribution in [2.45, 2.75) is 12.6 Å². The largest absolute Gasteiger partial charge is 0.433 e. The van der Waals surface area contributed by atoms with E-state index in [1.54, 1.807) is 17.0 Å². The van der Waals surface area contributed by atoms with Crippen LogP contribution in [0, 0.1) is 0 Å². The van der Waals surface area contributed by atoms with Crippen LogP contribution in [0.25, 0.3) is 11.4 Å². The van der Waals surface area contributed by atoms with E-state index < -0.39 is 11.9 Å². The molecule has 1 amide bonds. The van der Waals surface area contributed by atoms with E-state index >= 15 is 0 Å². The number of carbonyl (C=O) groups is 1. The Morgan fingerprint density at radius 1 is 1.07 bits per heavy atom. The van der Waals surface area contributed by atoms with Crippen LogP contribution in [0.2, 0.25) is 0 Å². The number of nitrogens with one attached hydrogen (secondary N) is 1. The van der Waals surface area contributed by atoms with Gasteiger partial charge < -0.3 is 10.2 Å². The third-order valence-corrected chi connectivity index (χ3v) is 4.52. The van der Waals surface area contributed by atoms with Gasteiger partial charge in [0.25, 0.3) is 0 Å². The molecule has 1 aliphatic rings. The fourth-order valence-electron chi connectivity index (χ4n) is 3.17. The molecule has 0 atom stereocenters.